The Morgan fingerprint density at radius 1 is 0.281 bits per heavy atom. The first-order chi connectivity index (χ1) is 28.3. The van der Waals surface area contributed by atoms with Crippen LogP contribution in [0.2, 0.25) is 0 Å². The summed E-state index contributed by atoms with van der Waals surface area (Å²) in [5, 5.41) is 12.4. The molecule has 0 bridgehead atoms. The van der Waals surface area contributed by atoms with E-state index in [4.69, 9.17) is 0 Å². The SMILES string of the molecule is c1ccc(-n2c3ccccc3c3cc(N(c4ccc5ccc6c7ccccc7ccc6c5c4)c4cccc5c6ccccc6n(-c6ccccc6)c45)ccc32)cc1. The Labute approximate surface area is 329 Å². The summed E-state index contributed by atoms with van der Waals surface area (Å²) < 4.78 is 4.83. The van der Waals surface area contributed by atoms with E-state index in [1.807, 2.05) is 0 Å². The lowest BCUT2D eigenvalue weighted by Crippen LogP contribution is -2.12. The summed E-state index contributed by atoms with van der Waals surface area (Å²) in [6.07, 6.45) is 0. The zero-order chi connectivity index (χ0) is 37.5. The van der Waals surface area contributed by atoms with Gasteiger partial charge in [0, 0.05) is 44.3 Å². The van der Waals surface area contributed by atoms with Crippen LogP contribution < -0.4 is 4.90 Å². The fraction of sp³-hybridized carbons (Fsp3) is 0. The van der Waals surface area contributed by atoms with Gasteiger partial charge >= 0.3 is 0 Å². The maximum absolute atomic E-state index is 2.48. The number of aromatic nitrogens is 2. The van der Waals surface area contributed by atoms with E-state index >= 15 is 0 Å². The number of nitrogens with zero attached hydrogens (tertiary/aromatic N) is 3. The van der Waals surface area contributed by atoms with E-state index in [-0.39, 0.29) is 0 Å². The molecule has 0 aliphatic rings. The first-order valence-corrected chi connectivity index (χ1v) is 19.6. The molecule has 2 aromatic heterocycles. The number of anilines is 3. The molecule has 0 aliphatic heterocycles. The van der Waals surface area contributed by atoms with Crippen LogP contribution in [0.3, 0.4) is 0 Å². The topological polar surface area (TPSA) is 13.1 Å². The number of hydrogen-bond donors (Lipinski definition) is 0. The minimum atomic E-state index is 1.10. The molecule has 0 amide bonds. The van der Waals surface area contributed by atoms with Gasteiger partial charge in [-0.25, -0.2) is 0 Å². The van der Waals surface area contributed by atoms with E-state index < -0.39 is 0 Å². The Morgan fingerprint density at radius 3 is 1.51 bits per heavy atom. The third-order valence-electron chi connectivity index (χ3n) is 11.8. The van der Waals surface area contributed by atoms with E-state index in [1.54, 1.807) is 0 Å². The molecule has 0 N–H and O–H groups in total. The molecule has 57 heavy (non-hydrogen) atoms. The molecule has 0 unspecified atom stereocenters. The Hall–Kier alpha value is -7.62. The highest BCUT2D eigenvalue weighted by Gasteiger charge is 2.23. The van der Waals surface area contributed by atoms with Gasteiger partial charge in [-0.3, -0.25) is 0 Å². The second-order valence-electron chi connectivity index (χ2n) is 14.9. The van der Waals surface area contributed by atoms with Crippen LogP contribution in [0.15, 0.2) is 212 Å². The van der Waals surface area contributed by atoms with Crippen molar-refractivity contribution >= 4 is 93.0 Å². The molecule has 2 heterocycles. The predicted molar refractivity (Wildman–Crippen MR) is 242 cm³/mol. The van der Waals surface area contributed by atoms with Gasteiger partial charge in [0.25, 0.3) is 0 Å². The Bertz CT molecular complexity index is 3520. The van der Waals surface area contributed by atoms with Gasteiger partial charge in [-0.2, -0.15) is 0 Å². The van der Waals surface area contributed by atoms with E-state index in [0.717, 1.165) is 28.4 Å². The summed E-state index contributed by atoms with van der Waals surface area (Å²) in [5.74, 6) is 0. The van der Waals surface area contributed by atoms with Gasteiger partial charge in [-0.15, -0.1) is 0 Å². The highest BCUT2D eigenvalue weighted by molar-refractivity contribution is 6.19. The van der Waals surface area contributed by atoms with Gasteiger partial charge in [0.15, 0.2) is 0 Å². The van der Waals surface area contributed by atoms with Gasteiger partial charge in [0.2, 0.25) is 0 Å². The number of hydrogen-bond acceptors (Lipinski definition) is 1. The molecule has 12 rings (SSSR count). The molecule has 0 saturated carbocycles. The van der Waals surface area contributed by atoms with E-state index in [0.29, 0.717) is 0 Å². The molecule has 0 spiro atoms. The number of rotatable bonds is 5. The summed E-state index contributed by atoms with van der Waals surface area (Å²) in [4.78, 5) is 2.48. The van der Waals surface area contributed by atoms with Crippen LogP contribution in [0.1, 0.15) is 0 Å². The quantitative estimate of drug-likeness (QED) is 0.161. The lowest BCUT2D eigenvalue weighted by molar-refractivity contribution is 1.17. The molecule has 12 aromatic rings. The fourth-order valence-corrected chi connectivity index (χ4v) is 9.35. The summed E-state index contributed by atoms with van der Waals surface area (Å²) in [5.41, 5.74) is 10.3. The molecule has 0 saturated heterocycles. The van der Waals surface area contributed by atoms with Crippen LogP contribution in [0, 0.1) is 0 Å². The van der Waals surface area contributed by atoms with Crippen LogP contribution in [-0.2, 0) is 0 Å². The minimum Gasteiger partial charge on any atom is -0.309 e. The summed E-state index contributed by atoms with van der Waals surface area (Å²) >= 11 is 0. The van der Waals surface area contributed by atoms with Gasteiger partial charge in [-0.1, -0.05) is 140 Å². The highest BCUT2D eigenvalue weighted by Crippen LogP contribution is 2.46. The molecule has 10 aromatic carbocycles. The lowest BCUT2D eigenvalue weighted by Gasteiger charge is -2.28. The van der Waals surface area contributed by atoms with Crippen molar-refractivity contribution in [2.24, 2.45) is 0 Å². The zero-order valence-electron chi connectivity index (χ0n) is 31.0. The van der Waals surface area contributed by atoms with Gasteiger partial charge < -0.3 is 14.0 Å². The largest absolute Gasteiger partial charge is 0.309 e. The van der Waals surface area contributed by atoms with Crippen molar-refractivity contribution < 1.29 is 0 Å². The molecule has 0 atom stereocenters. The molecule has 0 fully saturated rings. The van der Waals surface area contributed by atoms with Gasteiger partial charge in [0.1, 0.15) is 0 Å². The molecule has 266 valence electrons. The fourth-order valence-electron chi connectivity index (χ4n) is 9.35. The van der Waals surface area contributed by atoms with Crippen molar-refractivity contribution in [1.82, 2.24) is 9.13 Å². The number of benzene rings is 10. The molecular formula is C54H35N3. The van der Waals surface area contributed by atoms with Crippen molar-refractivity contribution in [2.75, 3.05) is 4.90 Å². The average Bonchev–Trinajstić information content (AvgIpc) is 3.80. The van der Waals surface area contributed by atoms with E-state index in [1.165, 1.54) is 75.9 Å². The van der Waals surface area contributed by atoms with Gasteiger partial charge in [0.05, 0.1) is 27.8 Å². The third kappa shape index (κ3) is 4.79. The van der Waals surface area contributed by atoms with Crippen LogP contribution in [0.4, 0.5) is 17.1 Å². The summed E-state index contributed by atoms with van der Waals surface area (Å²) in [6.45, 7) is 0. The first-order valence-electron chi connectivity index (χ1n) is 19.6. The number of para-hydroxylation sites is 5. The molecule has 3 heteroatoms. The maximum Gasteiger partial charge on any atom is 0.0782 e. The summed E-state index contributed by atoms with van der Waals surface area (Å²) in [7, 11) is 0. The monoisotopic (exact) mass is 725 g/mol. The minimum absolute atomic E-state index is 1.10. The van der Waals surface area contributed by atoms with Crippen LogP contribution >= 0.6 is 0 Å². The van der Waals surface area contributed by atoms with Crippen LogP contribution in [0.25, 0.3) is 87.3 Å². The average molecular weight is 726 g/mol. The Kier molecular flexibility index (Phi) is 6.93. The Morgan fingerprint density at radius 2 is 0.772 bits per heavy atom. The smallest absolute Gasteiger partial charge is 0.0782 e. The molecule has 0 radical (unpaired) electrons. The highest BCUT2D eigenvalue weighted by atomic mass is 15.2. The third-order valence-corrected chi connectivity index (χ3v) is 11.8. The normalized spacial score (nSPS) is 11.9. The lowest BCUT2D eigenvalue weighted by atomic mass is 9.96. The predicted octanol–water partition coefficient (Wildman–Crippen LogP) is 14.8. The van der Waals surface area contributed by atoms with Crippen LogP contribution in [0.5, 0.6) is 0 Å². The van der Waals surface area contributed by atoms with Crippen molar-refractivity contribution in [3.05, 3.63) is 212 Å². The zero-order valence-corrected chi connectivity index (χ0v) is 31.0. The maximum atomic E-state index is 2.48. The van der Waals surface area contributed by atoms with Crippen LogP contribution in [-0.4, -0.2) is 9.13 Å². The first kappa shape index (κ1) is 31.7. The second kappa shape index (κ2) is 12.5. The van der Waals surface area contributed by atoms with Crippen molar-refractivity contribution in [1.29, 1.82) is 0 Å². The summed E-state index contributed by atoms with van der Waals surface area (Å²) in [6, 6.07) is 77.6. The van der Waals surface area contributed by atoms with E-state index in [9.17, 15) is 0 Å². The van der Waals surface area contributed by atoms with Crippen molar-refractivity contribution in [3.8, 4) is 11.4 Å². The standard InChI is InChI=1S/C54H35N3/c1-3-15-38(16-4-1)56-50-23-11-10-21-46(50)49-35-41(30-33-52(49)56)55(40-29-26-37-28-31-43-42-19-8-7-14-36(42)27-32-44(43)48(37)34-40)53-25-13-22-47-45-20-9-12-24-51(45)57(54(47)53)39-17-5-2-6-18-39/h1-35H. The van der Waals surface area contributed by atoms with Gasteiger partial charge in [-0.05, 0) is 105 Å². The van der Waals surface area contributed by atoms with Crippen molar-refractivity contribution in [3.63, 3.8) is 0 Å². The van der Waals surface area contributed by atoms with E-state index in [2.05, 4.69) is 226 Å². The second-order valence-corrected chi connectivity index (χ2v) is 14.9. The number of fused-ring (bicyclic) bond motifs is 11. The molecule has 0 aliphatic carbocycles. The Balaban J connectivity index is 1.19. The van der Waals surface area contributed by atoms with Crippen molar-refractivity contribution in [2.45, 2.75) is 0 Å². The molecular weight excluding hydrogens is 691 g/mol. The molecule has 3 nitrogen and oxygen atoms in total.